The summed E-state index contributed by atoms with van der Waals surface area (Å²) < 4.78 is 0. The lowest BCUT2D eigenvalue weighted by atomic mass is 10.1. The molecule has 0 spiro atoms. The Morgan fingerprint density at radius 3 is 2.80 bits per heavy atom. The number of hydrogen-bond donors (Lipinski definition) is 1. The molecule has 1 N–H and O–H groups in total. The molecule has 1 aromatic heterocycles. The van der Waals surface area contributed by atoms with Gasteiger partial charge < -0.3 is 14.8 Å². The zero-order chi connectivity index (χ0) is 14.1. The van der Waals surface area contributed by atoms with Gasteiger partial charge in [0.05, 0.1) is 18.3 Å². The van der Waals surface area contributed by atoms with E-state index in [0.717, 1.165) is 56.0 Å². The first-order chi connectivity index (χ1) is 9.70. The number of carbonyl (C=O) groups is 1. The third-order valence-corrected chi connectivity index (χ3v) is 4.28. The second-order valence-electron chi connectivity index (χ2n) is 5.60. The Bertz CT molecular complexity index is 500. The lowest BCUT2D eigenvalue weighted by Gasteiger charge is -2.35. The number of anilines is 1. The molecule has 1 saturated heterocycles. The Balaban J connectivity index is 1.81. The van der Waals surface area contributed by atoms with E-state index in [-0.39, 0.29) is 0 Å². The average Bonchev–Trinajstić information content (AvgIpc) is 2.76. The number of hydrogen-bond acceptors (Lipinski definition) is 6. The van der Waals surface area contributed by atoms with Crippen LogP contribution in [0, 0.1) is 0 Å². The summed E-state index contributed by atoms with van der Waals surface area (Å²) in [4.78, 5) is 23.6. The van der Waals surface area contributed by atoms with Crippen LogP contribution in [0.15, 0.2) is 6.33 Å². The molecule has 1 aliphatic carbocycles. The molecule has 2 heterocycles. The molecule has 1 aromatic rings. The smallest absolute Gasteiger partial charge is 0.135 e. The van der Waals surface area contributed by atoms with Crippen molar-refractivity contribution in [3.63, 3.8) is 0 Å². The maximum Gasteiger partial charge on any atom is 0.135 e. The minimum Gasteiger partial charge on any atom is -0.387 e. The first-order valence-corrected chi connectivity index (χ1v) is 7.14. The summed E-state index contributed by atoms with van der Waals surface area (Å²) in [5, 5.41) is 10.0. The summed E-state index contributed by atoms with van der Waals surface area (Å²) in [6.07, 6.45) is 2.77. The third kappa shape index (κ3) is 2.29. The molecule has 2 aliphatic rings. The topological polar surface area (TPSA) is 69.6 Å². The standard InChI is InChI=1S/C14H20N4O2/c1-10-8-11(20)13-12(10)14(16-9-15-13)18-4-2-17(3-5-18)6-7-19/h7,9-11,20H,2-6,8H2,1H3/t10-,11-/m1/s1. The van der Waals surface area contributed by atoms with Gasteiger partial charge in [0.15, 0.2) is 0 Å². The van der Waals surface area contributed by atoms with Gasteiger partial charge in [-0.1, -0.05) is 6.92 Å². The van der Waals surface area contributed by atoms with Gasteiger partial charge in [0.1, 0.15) is 18.4 Å². The van der Waals surface area contributed by atoms with Crippen molar-refractivity contribution in [1.29, 1.82) is 0 Å². The van der Waals surface area contributed by atoms with Gasteiger partial charge in [-0.2, -0.15) is 0 Å². The van der Waals surface area contributed by atoms with Crippen molar-refractivity contribution in [2.24, 2.45) is 0 Å². The van der Waals surface area contributed by atoms with Gasteiger partial charge in [-0.25, -0.2) is 9.97 Å². The van der Waals surface area contributed by atoms with E-state index in [0.29, 0.717) is 12.5 Å². The SMILES string of the molecule is C[C@@H]1C[C@@H](O)c2ncnc(N3CCN(CC=O)CC3)c21. The number of aldehydes is 1. The van der Waals surface area contributed by atoms with Crippen LogP contribution in [0.5, 0.6) is 0 Å². The van der Waals surface area contributed by atoms with Crippen LogP contribution in [-0.4, -0.2) is 59.0 Å². The quantitative estimate of drug-likeness (QED) is 0.803. The molecule has 108 valence electrons. The Hall–Kier alpha value is -1.53. The Morgan fingerprint density at radius 2 is 2.10 bits per heavy atom. The van der Waals surface area contributed by atoms with Crippen molar-refractivity contribution < 1.29 is 9.90 Å². The summed E-state index contributed by atoms with van der Waals surface area (Å²) in [7, 11) is 0. The predicted octanol–water partition coefficient (Wildman–Crippen LogP) is 0.338. The number of nitrogens with zero attached hydrogens (tertiary/aromatic N) is 4. The van der Waals surface area contributed by atoms with E-state index in [1.54, 1.807) is 6.33 Å². The zero-order valence-corrected chi connectivity index (χ0v) is 11.7. The van der Waals surface area contributed by atoms with Crippen LogP contribution in [0.25, 0.3) is 0 Å². The molecule has 1 aliphatic heterocycles. The van der Waals surface area contributed by atoms with E-state index in [1.807, 2.05) is 0 Å². The average molecular weight is 276 g/mol. The number of aliphatic hydroxyl groups is 1. The normalized spacial score (nSPS) is 26.6. The van der Waals surface area contributed by atoms with Crippen LogP contribution in [0.4, 0.5) is 5.82 Å². The summed E-state index contributed by atoms with van der Waals surface area (Å²) in [6.45, 7) is 6.08. The minimum atomic E-state index is -0.460. The second-order valence-corrected chi connectivity index (χ2v) is 5.60. The van der Waals surface area contributed by atoms with Crippen molar-refractivity contribution in [1.82, 2.24) is 14.9 Å². The van der Waals surface area contributed by atoms with Gasteiger partial charge in [0.25, 0.3) is 0 Å². The van der Waals surface area contributed by atoms with Crippen LogP contribution < -0.4 is 4.90 Å². The first-order valence-electron chi connectivity index (χ1n) is 7.14. The summed E-state index contributed by atoms with van der Waals surface area (Å²) >= 11 is 0. The highest BCUT2D eigenvalue weighted by Gasteiger charge is 2.33. The van der Waals surface area contributed by atoms with Gasteiger partial charge in [-0.3, -0.25) is 4.90 Å². The van der Waals surface area contributed by atoms with E-state index in [9.17, 15) is 9.90 Å². The molecule has 0 amide bonds. The molecule has 0 radical (unpaired) electrons. The molecule has 6 nitrogen and oxygen atoms in total. The Kier molecular flexibility index (Phi) is 3.67. The highest BCUT2D eigenvalue weighted by atomic mass is 16.3. The number of fused-ring (bicyclic) bond motifs is 1. The van der Waals surface area contributed by atoms with Crippen LogP contribution in [-0.2, 0) is 4.79 Å². The molecular formula is C14H20N4O2. The maximum absolute atomic E-state index is 10.6. The maximum atomic E-state index is 10.6. The highest BCUT2D eigenvalue weighted by Crippen LogP contribution is 2.42. The molecule has 1 fully saturated rings. The minimum absolute atomic E-state index is 0.296. The highest BCUT2D eigenvalue weighted by molar-refractivity contribution is 5.54. The largest absolute Gasteiger partial charge is 0.387 e. The molecule has 0 aromatic carbocycles. The zero-order valence-electron chi connectivity index (χ0n) is 11.7. The monoisotopic (exact) mass is 276 g/mol. The van der Waals surface area contributed by atoms with Gasteiger partial charge in [0.2, 0.25) is 0 Å². The van der Waals surface area contributed by atoms with Crippen LogP contribution >= 0.6 is 0 Å². The summed E-state index contributed by atoms with van der Waals surface area (Å²) in [5.41, 5.74) is 1.89. The molecule has 6 heteroatoms. The molecule has 0 saturated carbocycles. The summed E-state index contributed by atoms with van der Waals surface area (Å²) in [6, 6.07) is 0. The first kappa shape index (κ1) is 13.5. The van der Waals surface area contributed by atoms with E-state index >= 15 is 0 Å². The number of aromatic nitrogens is 2. The van der Waals surface area contributed by atoms with Crippen LogP contribution in [0.1, 0.15) is 36.6 Å². The van der Waals surface area contributed by atoms with Crippen molar-refractivity contribution in [2.45, 2.75) is 25.4 Å². The lowest BCUT2D eigenvalue weighted by molar-refractivity contribution is -0.108. The van der Waals surface area contributed by atoms with Crippen LogP contribution in [0.2, 0.25) is 0 Å². The van der Waals surface area contributed by atoms with E-state index in [2.05, 4.69) is 26.7 Å². The summed E-state index contributed by atoms with van der Waals surface area (Å²) in [5.74, 6) is 1.26. The van der Waals surface area contributed by atoms with E-state index < -0.39 is 6.10 Å². The fourth-order valence-electron chi connectivity index (χ4n) is 3.20. The van der Waals surface area contributed by atoms with Gasteiger partial charge in [-0.05, 0) is 12.3 Å². The second kappa shape index (κ2) is 5.46. The van der Waals surface area contributed by atoms with Crippen molar-refractivity contribution in [3.05, 3.63) is 17.6 Å². The Morgan fingerprint density at radius 1 is 1.35 bits per heavy atom. The van der Waals surface area contributed by atoms with Crippen molar-refractivity contribution in [2.75, 3.05) is 37.6 Å². The molecule has 3 rings (SSSR count). The molecular weight excluding hydrogens is 256 g/mol. The molecule has 20 heavy (non-hydrogen) atoms. The number of carbonyl (C=O) groups excluding carboxylic acids is 1. The predicted molar refractivity (Wildman–Crippen MR) is 74.7 cm³/mol. The molecule has 2 atom stereocenters. The van der Waals surface area contributed by atoms with Gasteiger partial charge >= 0.3 is 0 Å². The van der Waals surface area contributed by atoms with Gasteiger partial charge in [0, 0.05) is 31.7 Å². The third-order valence-electron chi connectivity index (χ3n) is 4.28. The fourth-order valence-corrected chi connectivity index (χ4v) is 3.20. The van der Waals surface area contributed by atoms with E-state index in [4.69, 9.17) is 0 Å². The number of aliphatic hydroxyl groups excluding tert-OH is 1. The van der Waals surface area contributed by atoms with E-state index in [1.165, 1.54) is 0 Å². The van der Waals surface area contributed by atoms with Crippen molar-refractivity contribution in [3.8, 4) is 0 Å². The number of rotatable bonds is 3. The Labute approximate surface area is 118 Å². The molecule has 0 bridgehead atoms. The lowest BCUT2D eigenvalue weighted by Crippen LogP contribution is -2.47. The fraction of sp³-hybridized carbons (Fsp3) is 0.643. The van der Waals surface area contributed by atoms with Crippen LogP contribution in [0.3, 0.4) is 0 Å². The van der Waals surface area contributed by atoms with Gasteiger partial charge in [-0.15, -0.1) is 0 Å². The number of piperazine rings is 1. The molecule has 0 unspecified atom stereocenters. The van der Waals surface area contributed by atoms with Crippen molar-refractivity contribution >= 4 is 12.1 Å².